The van der Waals surface area contributed by atoms with Crippen LogP contribution in [0.5, 0.6) is 0 Å². The van der Waals surface area contributed by atoms with Crippen LogP contribution in [0.2, 0.25) is 0 Å². The molecule has 0 atom stereocenters. The first-order chi connectivity index (χ1) is 15.9. The van der Waals surface area contributed by atoms with Crippen molar-refractivity contribution in [1.29, 1.82) is 0 Å². The standard InChI is InChI=1S/C21H22N4O7S2/c1-13-4-8-16(9-5-13)33(28,29)24-20(26)22-18-12-15(3)19(32-18)23-21(27)25-34(30,31)17-10-6-14(2)7-11-17/h4-12H,1-3H3,(H2,22,24,26)(H2,23,25,27). The number of carbonyl (C=O) groups excluding carboxylic acids is 2. The van der Waals surface area contributed by atoms with E-state index in [1.54, 1.807) is 38.1 Å². The fourth-order valence-corrected chi connectivity index (χ4v) is 4.55. The first-order valence-corrected chi connectivity index (χ1v) is 12.7. The Balaban J connectivity index is 1.63. The average molecular weight is 507 g/mol. The Kier molecular flexibility index (Phi) is 6.98. The van der Waals surface area contributed by atoms with Gasteiger partial charge in [-0.1, -0.05) is 35.4 Å². The van der Waals surface area contributed by atoms with Gasteiger partial charge in [0.15, 0.2) is 0 Å². The summed E-state index contributed by atoms with van der Waals surface area (Å²) in [4.78, 5) is 24.1. The van der Waals surface area contributed by atoms with Crippen molar-refractivity contribution in [3.05, 3.63) is 71.3 Å². The minimum absolute atomic E-state index is 0.0989. The number of aryl methyl sites for hydroxylation is 3. The lowest BCUT2D eigenvalue weighted by Gasteiger charge is -2.08. The van der Waals surface area contributed by atoms with Crippen LogP contribution in [-0.4, -0.2) is 28.9 Å². The van der Waals surface area contributed by atoms with Crippen molar-refractivity contribution in [2.75, 3.05) is 10.6 Å². The molecule has 180 valence electrons. The van der Waals surface area contributed by atoms with Crippen LogP contribution in [0.25, 0.3) is 0 Å². The molecule has 0 bridgehead atoms. The van der Waals surface area contributed by atoms with Gasteiger partial charge >= 0.3 is 12.1 Å². The van der Waals surface area contributed by atoms with E-state index in [1.165, 1.54) is 37.3 Å². The molecule has 11 nitrogen and oxygen atoms in total. The maximum atomic E-state index is 12.3. The van der Waals surface area contributed by atoms with Gasteiger partial charge in [-0.3, -0.25) is 10.6 Å². The van der Waals surface area contributed by atoms with Gasteiger partial charge in [0.2, 0.25) is 11.8 Å². The van der Waals surface area contributed by atoms with Gasteiger partial charge in [-0.15, -0.1) is 0 Å². The van der Waals surface area contributed by atoms with Crippen molar-refractivity contribution in [1.82, 2.24) is 9.44 Å². The number of urea groups is 2. The Morgan fingerprint density at radius 1 is 0.676 bits per heavy atom. The summed E-state index contributed by atoms with van der Waals surface area (Å²) in [6.45, 7) is 5.11. The second kappa shape index (κ2) is 9.57. The minimum Gasteiger partial charge on any atom is -0.424 e. The monoisotopic (exact) mass is 506 g/mol. The summed E-state index contributed by atoms with van der Waals surface area (Å²) in [7, 11) is -8.24. The van der Waals surface area contributed by atoms with E-state index in [0.717, 1.165) is 11.1 Å². The van der Waals surface area contributed by atoms with Crippen LogP contribution in [0.3, 0.4) is 0 Å². The summed E-state index contributed by atoms with van der Waals surface area (Å²) in [5, 5.41) is 4.44. The number of amides is 4. The molecule has 4 N–H and O–H groups in total. The van der Waals surface area contributed by atoms with Gasteiger partial charge in [-0.05, 0) is 45.0 Å². The van der Waals surface area contributed by atoms with Crippen molar-refractivity contribution >= 4 is 43.9 Å². The molecule has 0 fully saturated rings. The number of furan rings is 1. The predicted molar refractivity (Wildman–Crippen MR) is 124 cm³/mol. The van der Waals surface area contributed by atoms with E-state index < -0.39 is 32.1 Å². The Labute approximate surface area is 196 Å². The molecule has 0 saturated heterocycles. The van der Waals surface area contributed by atoms with Gasteiger partial charge in [-0.2, -0.15) is 0 Å². The number of rotatable bonds is 6. The molecule has 0 radical (unpaired) electrons. The third kappa shape index (κ3) is 6.14. The van der Waals surface area contributed by atoms with Crippen molar-refractivity contribution in [3.63, 3.8) is 0 Å². The van der Waals surface area contributed by atoms with Crippen molar-refractivity contribution in [3.8, 4) is 0 Å². The predicted octanol–water partition coefficient (Wildman–Crippen LogP) is 3.23. The fourth-order valence-electron chi connectivity index (χ4n) is 2.73. The van der Waals surface area contributed by atoms with Gasteiger partial charge in [0.05, 0.1) is 9.79 Å². The van der Waals surface area contributed by atoms with E-state index in [4.69, 9.17) is 4.42 Å². The van der Waals surface area contributed by atoms with Gasteiger partial charge in [-0.25, -0.2) is 35.9 Å². The highest BCUT2D eigenvalue weighted by Gasteiger charge is 2.21. The van der Waals surface area contributed by atoms with Gasteiger partial charge in [0.1, 0.15) is 0 Å². The van der Waals surface area contributed by atoms with E-state index >= 15 is 0 Å². The molecule has 4 amide bonds. The molecule has 1 aromatic heterocycles. The zero-order valence-electron chi connectivity index (χ0n) is 18.4. The smallest absolute Gasteiger partial charge is 0.335 e. The summed E-state index contributed by atoms with van der Waals surface area (Å²) in [5.74, 6) is -0.320. The van der Waals surface area contributed by atoms with E-state index in [1.807, 2.05) is 9.44 Å². The molecule has 34 heavy (non-hydrogen) atoms. The quantitative estimate of drug-likeness (QED) is 0.399. The second-order valence-electron chi connectivity index (χ2n) is 7.37. The molecule has 2 aromatic carbocycles. The lowest BCUT2D eigenvalue weighted by Crippen LogP contribution is -2.34. The van der Waals surface area contributed by atoms with E-state index in [-0.39, 0.29) is 21.6 Å². The molecule has 0 aliphatic heterocycles. The van der Waals surface area contributed by atoms with Crippen molar-refractivity contribution in [2.45, 2.75) is 30.6 Å². The number of benzene rings is 2. The Morgan fingerprint density at radius 2 is 1.09 bits per heavy atom. The molecule has 3 rings (SSSR count). The summed E-state index contributed by atoms with van der Waals surface area (Å²) in [6, 6.07) is 10.9. The van der Waals surface area contributed by atoms with Gasteiger partial charge in [0, 0.05) is 11.6 Å². The third-order valence-electron chi connectivity index (χ3n) is 4.50. The fraction of sp³-hybridized carbons (Fsp3) is 0.143. The molecule has 3 aromatic rings. The minimum atomic E-state index is -4.12. The van der Waals surface area contributed by atoms with E-state index in [9.17, 15) is 26.4 Å². The molecule has 0 spiro atoms. The highest BCUT2D eigenvalue weighted by molar-refractivity contribution is 7.90. The lowest BCUT2D eigenvalue weighted by molar-refractivity contribution is 0.255. The normalized spacial score (nSPS) is 11.5. The molecule has 13 heteroatoms. The molecule has 0 saturated carbocycles. The molecular weight excluding hydrogens is 484 g/mol. The SMILES string of the molecule is Cc1ccc(S(=O)(=O)NC(=O)Nc2cc(C)c(NC(=O)NS(=O)(=O)c3ccc(C)cc3)o2)cc1. The summed E-state index contributed by atoms with van der Waals surface area (Å²) in [6.07, 6.45) is 0. The number of anilines is 2. The third-order valence-corrected chi connectivity index (χ3v) is 7.19. The van der Waals surface area contributed by atoms with E-state index in [2.05, 4.69) is 10.6 Å². The number of hydrogen-bond acceptors (Lipinski definition) is 7. The molecule has 0 aliphatic carbocycles. The van der Waals surface area contributed by atoms with Crippen LogP contribution >= 0.6 is 0 Å². The first-order valence-electron chi connectivity index (χ1n) is 9.77. The van der Waals surface area contributed by atoms with Gasteiger partial charge < -0.3 is 4.42 Å². The van der Waals surface area contributed by atoms with Crippen LogP contribution in [-0.2, 0) is 20.0 Å². The Hall–Kier alpha value is -3.84. The topological polar surface area (TPSA) is 164 Å². The average Bonchev–Trinajstić information content (AvgIpc) is 3.05. The second-order valence-corrected chi connectivity index (χ2v) is 10.7. The number of nitrogens with one attached hydrogen (secondary N) is 4. The highest BCUT2D eigenvalue weighted by atomic mass is 32.2. The van der Waals surface area contributed by atoms with Crippen molar-refractivity contribution < 1.29 is 30.8 Å². The lowest BCUT2D eigenvalue weighted by atomic mass is 10.2. The maximum absolute atomic E-state index is 12.3. The van der Waals surface area contributed by atoms with Gasteiger partial charge in [0.25, 0.3) is 20.0 Å². The van der Waals surface area contributed by atoms with Crippen LogP contribution in [0, 0.1) is 20.8 Å². The number of hydrogen-bond donors (Lipinski definition) is 4. The molecule has 0 unspecified atom stereocenters. The number of carbonyl (C=O) groups is 2. The maximum Gasteiger partial charge on any atom is 0.335 e. The first kappa shape index (κ1) is 24.8. The van der Waals surface area contributed by atoms with Crippen LogP contribution in [0.4, 0.5) is 21.4 Å². The largest absolute Gasteiger partial charge is 0.424 e. The summed E-state index contributed by atoms with van der Waals surface area (Å²) < 4.78 is 58.3. The summed E-state index contributed by atoms with van der Waals surface area (Å²) in [5.41, 5.74) is 2.05. The van der Waals surface area contributed by atoms with Crippen LogP contribution in [0.15, 0.2) is 68.8 Å². The zero-order valence-corrected chi connectivity index (χ0v) is 20.0. The van der Waals surface area contributed by atoms with Crippen LogP contribution < -0.4 is 20.1 Å². The number of sulfonamides is 2. The molecular formula is C21H22N4O7S2. The van der Waals surface area contributed by atoms with E-state index in [0.29, 0.717) is 5.56 Å². The summed E-state index contributed by atoms with van der Waals surface area (Å²) >= 11 is 0. The molecule has 0 aliphatic rings. The zero-order chi connectivity index (χ0) is 25.1. The molecule has 1 heterocycles. The Bertz CT molecular complexity index is 1430. The van der Waals surface area contributed by atoms with Crippen molar-refractivity contribution in [2.24, 2.45) is 0 Å². The Morgan fingerprint density at radius 3 is 1.53 bits per heavy atom. The van der Waals surface area contributed by atoms with Crippen LogP contribution in [0.1, 0.15) is 16.7 Å². The highest BCUT2D eigenvalue weighted by Crippen LogP contribution is 2.24.